The highest BCUT2D eigenvalue weighted by Gasteiger charge is 2.44. The summed E-state index contributed by atoms with van der Waals surface area (Å²) in [6, 6.07) is 0. The maximum Gasteiger partial charge on any atom is 0.149 e. The van der Waals surface area contributed by atoms with Crippen LogP contribution in [0.25, 0.3) is 0 Å². The molecule has 0 fully saturated rings. The van der Waals surface area contributed by atoms with Gasteiger partial charge in [-0.3, -0.25) is 14.7 Å². The van der Waals surface area contributed by atoms with Crippen molar-refractivity contribution in [3.63, 3.8) is 0 Å². The summed E-state index contributed by atoms with van der Waals surface area (Å²) in [5, 5.41) is 1.36. The van der Waals surface area contributed by atoms with Gasteiger partial charge in [-0.1, -0.05) is 46.7 Å². The zero-order valence-electron chi connectivity index (χ0n) is 14.3. The summed E-state index contributed by atoms with van der Waals surface area (Å²) in [7, 11) is 1.03. The second kappa shape index (κ2) is 8.90. The molecule has 114 valence electrons. The van der Waals surface area contributed by atoms with E-state index in [9.17, 15) is 0 Å². The molecule has 3 nitrogen and oxygen atoms in total. The van der Waals surface area contributed by atoms with E-state index in [1.54, 1.807) is 0 Å². The Morgan fingerprint density at radius 3 is 1.05 bits per heavy atom. The van der Waals surface area contributed by atoms with Crippen LogP contribution in [0.5, 0.6) is 0 Å². The first-order valence-electron chi connectivity index (χ1n) is 7.91. The summed E-state index contributed by atoms with van der Waals surface area (Å²) < 4.78 is 0. The van der Waals surface area contributed by atoms with Gasteiger partial charge in [0.1, 0.15) is 5.79 Å². The number of nitrogens with zero attached hydrogens (tertiary/aromatic N) is 3. The Bertz CT molecular complexity index is 225. The molecule has 0 aliphatic carbocycles. The summed E-state index contributed by atoms with van der Waals surface area (Å²) in [6.07, 6.45) is 0. The Kier molecular flexibility index (Phi) is 8.82. The summed E-state index contributed by atoms with van der Waals surface area (Å²) in [4.78, 5) is 7.72. The van der Waals surface area contributed by atoms with Gasteiger partial charge >= 0.3 is 0 Å². The average Bonchev–Trinajstić information content (AvgIpc) is 2.41. The fraction of sp³-hybridized carbons (Fsp3) is 0.867. The van der Waals surface area contributed by atoms with Crippen molar-refractivity contribution < 1.29 is 0 Å². The summed E-state index contributed by atoms with van der Waals surface area (Å²) in [6.45, 7) is 24.3. The van der Waals surface area contributed by atoms with Crippen LogP contribution in [-0.4, -0.2) is 70.0 Å². The van der Waals surface area contributed by atoms with Gasteiger partial charge in [0, 0.05) is 10.2 Å². The van der Waals surface area contributed by atoms with Crippen molar-refractivity contribution in [2.24, 2.45) is 0 Å². The van der Waals surface area contributed by atoms with E-state index in [1.807, 2.05) is 0 Å². The maximum absolute atomic E-state index is 4.41. The largest absolute Gasteiger partial charge is 0.270 e. The van der Waals surface area contributed by atoms with Crippen molar-refractivity contribution in [1.29, 1.82) is 0 Å². The van der Waals surface area contributed by atoms with Crippen LogP contribution in [0.3, 0.4) is 0 Å². The molecule has 0 N–H and O–H groups in total. The standard InChI is InChI=1S/C15H35N3Si/c1-8-16(9-2)15(14(7)19,17(10-3)11-4)18(12-5)13-6/h7-13H2,1-6,19H3. The fourth-order valence-corrected chi connectivity index (χ4v) is 4.35. The lowest BCUT2D eigenvalue weighted by atomic mass is 10.1. The van der Waals surface area contributed by atoms with Crippen molar-refractivity contribution in [3.05, 3.63) is 11.8 Å². The molecule has 0 atom stereocenters. The second-order valence-corrected chi connectivity index (χ2v) is 6.14. The predicted molar refractivity (Wildman–Crippen MR) is 90.6 cm³/mol. The number of hydrogen-bond donors (Lipinski definition) is 0. The van der Waals surface area contributed by atoms with Gasteiger partial charge in [0.25, 0.3) is 0 Å². The second-order valence-electron chi connectivity index (χ2n) is 4.93. The highest BCUT2D eigenvalue weighted by Crippen LogP contribution is 2.30. The minimum absolute atomic E-state index is 0.0806. The lowest BCUT2D eigenvalue weighted by molar-refractivity contribution is -0.129. The van der Waals surface area contributed by atoms with Crippen molar-refractivity contribution in [2.75, 3.05) is 39.3 Å². The zero-order chi connectivity index (χ0) is 15.1. The van der Waals surface area contributed by atoms with Crippen LogP contribution in [0, 0.1) is 0 Å². The number of hydrogen-bond acceptors (Lipinski definition) is 3. The Hall–Kier alpha value is -0.163. The molecule has 0 bridgehead atoms. The van der Waals surface area contributed by atoms with Crippen molar-refractivity contribution >= 4 is 10.2 Å². The summed E-state index contributed by atoms with van der Waals surface area (Å²) in [5.41, 5.74) is 0. The van der Waals surface area contributed by atoms with Gasteiger partial charge in [-0.2, -0.15) is 0 Å². The normalized spacial score (nSPS) is 12.9. The SMILES string of the molecule is C=C([SiH3])C(N(CC)CC)(N(CC)CC)N(CC)CC. The number of likely N-dealkylation sites (N-methyl/N-ethyl adjacent to an activating group) is 3. The Morgan fingerprint density at radius 2 is 0.947 bits per heavy atom. The Labute approximate surface area is 124 Å². The van der Waals surface area contributed by atoms with Gasteiger partial charge in [0.15, 0.2) is 0 Å². The molecule has 0 aliphatic rings. The third-order valence-electron chi connectivity index (χ3n) is 4.19. The van der Waals surface area contributed by atoms with Crippen LogP contribution < -0.4 is 0 Å². The number of rotatable bonds is 10. The van der Waals surface area contributed by atoms with E-state index in [0.29, 0.717) is 0 Å². The quantitative estimate of drug-likeness (QED) is 0.445. The van der Waals surface area contributed by atoms with Gasteiger partial charge < -0.3 is 0 Å². The molecule has 4 heteroatoms. The molecular formula is C15H35N3Si. The molecule has 0 unspecified atom stereocenters. The van der Waals surface area contributed by atoms with E-state index in [2.05, 4.69) is 62.8 Å². The van der Waals surface area contributed by atoms with Gasteiger partial charge in [0.05, 0.1) is 0 Å². The van der Waals surface area contributed by atoms with Crippen LogP contribution in [0.4, 0.5) is 0 Å². The smallest absolute Gasteiger partial charge is 0.149 e. The third-order valence-corrected chi connectivity index (χ3v) is 4.86. The molecule has 0 aliphatic heterocycles. The topological polar surface area (TPSA) is 9.72 Å². The van der Waals surface area contributed by atoms with Crippen molar-refractivity contribution in [3.8, 4) is 0 Å². The lowest BCUT2D eigenvalue weighted by Gasteiger charge is -2.56. The molecule has 0 saturated heterocycles. The minimum Gasteiger partial charge on any atom is -0.270 e. The first kappa shape index (κ1) is 18.8. The van der Waals surface area contributed by atoms with Crippen molar-refractivity contribution in [1.82, 2.24) is 14.7 Å². The molecule has 0 radical (unpaired) electrons. The Balaban J connectivity index is 5.92. The van der Waals surface area contributed by atoms with E-state index in [0.717, 1.165) is 49.5 Å². The molecule has 0 rings (SSSR count). The van der Waals surface area contributed by atoms with Gasteiger partial charge in [-0.25, -0.2) is 0 Å². The predicted octanol–water partition coefficient (Wildman–Crippen LogP) is 1.54. The van der Waals surface area contributed by atoms with Crippen LogP contribution in [0.2, 0.25) is 0 Å². The first-order valence-corrected chi connectivity index (χ1v) is 8.91. The van der Waals surface area contributed by atoms with Gasteiger partial charge in [-0.15, -0.1) is 6.58 Å². The molecule has 0 aromatic heterocycles. The van der Waals surface area contributed by atoms with Crippen LogP contribution in [-0.2, 0) is 0 Å². The fourth-order valence-electron chi connectivity index (χ4n) is 3.40. The van der Waals surface area contributed by atoms with Crippen LogP contribution >= 0.6 is 0 Å². The average molecular weight is 286 g/mol. The van der Waals surface area contributed by atoms with Crippen LogP contribution in [0.15, 0.2) is 11.8 Å². The molecule has 0 aromatic rings. The molecular weight excluding hydrogens is 250 g/mol. The molecule has 0 heterocycles. The third kappa shape index (κ3) is 3.48. The van der Waals surface area contributed by atoms with Gasteiger partial charge in [0.2, 0.25) is 0 Å². The molecule has 0 spiro atoms. The molecule has 0 saturated carbocycles. The highest BCUT2D eigenvalue weighted by atomic mass is 28.1. The van der Waals surface area contributed by atoms with E-state index < -0.39 is 0 Å². The van der Waals surface area contributed by atoms with Crippen molar-refractivity contribution in [2.45, 2.75) is 47.3 Å². The lowest BCUT2D eigenvalue weighted by Crippen LogP contribution is -2.70. The summed E-state index contributed by atoms with van der Waals surface area (Å²) in [5.74, 6) is -0.0806. The van der Waals surface area contributed by atoms with Crippen LogP contribution in [0.1, 0.15) is 41.5 Å². The van der Waals surface area contributed by atoms with E-state index in [1.165, 1.54) is 5.20 Å². The summed E-state index contributed by atoms with van der Waals surface area (Å²) >= 11 is 0. The Morgan fingerprint density at radius 1 is 0.737 bits per heavy atom. The van der Waals surface area contributed by atoms with E-state index in [-0.39, 0.29) is 5.79 Å². The molecule has 19 heavy (non-hydrogen) atoms. The van der Waals surface area contributed by atoms with E-state index >= 15 is 0 Å². The molecule has 0 amide bonds. The van der Waals surface area contributed by atoms with E-state index in [4.69, 9.17) is 0 Å². The monoisotopic (exact) mass is 285 g/mol. The first-order chi connectivity index (χ1) is 9.00. The highest BCUT2D eigenvalue weighted by molar-refractivity contribution is 6.22. The van der Waals surface area contributed by atoms with Gasteiger partial charge in [-0.05, 0) is 39.3 Å². The maximum atomic E-state index is 4.41. The molecule has 0 aromatic carbocycles. The zero-order valence-corrected chi connectivity index (χ0v) is 16.3. The minimum atomic E-state index is -0.0806.